The summed E-state index contributed by atoms with van der Waals surface area (Å²) in [6.45, 7) is 11.0. The van der Waals surface area contributed by atoms with E-state index >= 15 is 0 Å². The first kappa shape index (κ1) is 14.7. The zero-order valence-corrected chi connectivity index (χ0v) is 14.0. The fourth-order valence-electron chi connectivity index (χ4n) is 2.26. The Kier molecular flexibility index (Phi) is 3.49. The van der Waals surface area contributed by atoms with Crippen molar-refractivity contribution in [2.75, 3.05) is 0 Å². The standard InChI is InChI=1S/C18H18FNOSi/c1-12(22(2,3)4)14-7-10-17-16(11-14)20-18(21-17)13-5-8-15(19)9-6-13/h5-11H,1H2,2-4H3. The monoisotopic (exact) mass is 311 g/mol. The summed E-state index contributed by atoms with van der Waals surface area (Å²) in [7, 11) is -1.45. The molecular weight excluding hydrogens is 293 g/mol. The van der Waals surface area contributed by atoms with Crippen molar-refractivity contribution in [2.45, 2.75) is 19.6 Å². The van der Waals surface area contributed by atoms with Gasteiger partial charge in [0.25, 0.3) is 0 Å². The van der Waals surface area contributed by atoms with E-state index in [4.69, 9.17) is 4.42 Å². The fraction of sp³-hybridized carbons (Fsp3) is 0.167. The maximum atomic E-state index is 13.0. The Bertz CT molecular complexity index is 844. The second-order valence-corrected chi connectivity index (χ2v) is 11.5. The molecule has 0 aliphatic carbocycles. The second kappa shape index (κ2) is 5.21. The smallest absolute Gasteiger partial charge is 0.227 e. The highest BCUT2D eigenvalue weighted by Gasteiger charge is 2.20. The van der Waals surface area contributed by atoms with Crippen LogP contribution in [0.25, 0.3) is 27.8 Å². The summed E-state index contributed by atoms with van der Waals surface area (Å²) >= 11 is 0. The van der Waals surface area contributed by atoms with Gasteiger partial charge in [0.1, 0.15) is 11.3 Å². The molecule has 0 aliphatic rings. The number of hydrogen-bond acceptors (Lipinski definition) is 2. The molecule has 1 heterocycles. The normalized spacial score (nSPS) is 11.8. The van der Waals surface area contributed by atoms with E-state index in [1.165, 1.54) is 17.3 Å². The number of halogens is 1. The van der Waals surface area contributed by atoms with Crippen LogP contribution in [0, 0.1) is 5.82 Å². The molecule has 0 radical (unpaired) electrons. The van der Waals surface area contributed by atoms with Gasteiger partial charge in [-0.15, -0.1) is 0 Å². The first-order chi connectivity index (χ1) is 10.3. The maximum absolute atomic E-state index is 13.0. The van der Waals surface area contributed by atoms with E-state index in [0.717, 1.165) is 22.2 Å². The van der Waals surface area contributed by atoms with Gasteiger partial charge in [-0.3, -0.25) is 0 Å². The number of fused-ring (bicyclic) bond motifs is 1. The van der Waals surface area contributed by atoms with Crippen molar-refractivity contribution in [1.29, 1.82) is 0 Å². The lowest BCUT2D eigenvalue weighted by atomic mass is 10.2. The van der Waals surface area contributed by atoms with Gasteiger partial charge in [0, 0.05) is 5.56 Å². The SMILES string of the molecule is C=C(c1ccc2oc(-c3ccc(F)cc3)nc2c1)[Si](C)(C)C. The topological polar surface area (TPSA) is 26.0 Å². The van der Waals surface area contributed by atoms with Crippen LogP contribution >= 0.6 is 0 Å². The van der Waals surface area contributed by atoms with E-state index in [0.29, 0.717) is 5.89 Å². The summed E-state index contributed by atoms with van der Waals surface area (Å²) in [5, 5.41) is 1.20. The summed E-state index contributed by atoms with van der Waals surface area (Å²) in [6.07, 6.45) is 0. The van der Waals surface area contributed by atoms with Crippen LogP contribution in [0.15, 0.2) is 53.5 Å². The number of rotatable bonds is 3. The van der Waals surface area contributed by atoms with Crippen molar-refractivity contribution in [3.8, 4) is 11.5 Å². The Hall–Kier alpha value is -2.20. The zero-order chi connectivity index (χ0) is 15.9. The van der Waals surface area contributed by atoms with E-state index in [1.807, 2.05) is 18.2 Å². The fourth-order valence-corrected chi connectivity index (χ4v) is 3.29. The number of benzene rings is 2. The Morgan fingerprint density at radius 3 is 2.41 bits per heavy atom. The molecule has 2 aromatic carbocycles. The van der Waals surface area contributed by atoms with Crippen LogP contribution in [0.1, 0.15) is 5.56 Å². The van der Waals surface area contributed by atoms with Gasteiger partial charge in [-0.2, -0.15) is 0 Å². The van der Waals surface area contributed by atoms with Crippen molar-refractivity contribution in [2.24, 2.45) is 0 Å². The van der Waals surface area contributed by atoms with Crippen molar-refractivity contribution in [1.82, 2.24) is 4.98 Å². The van der Waals surface area contributed by atoms with Crippen LogP contribution in [0.2, 0.25) is 19.6 Å². The highest BCUT2D eigenvalue weighted by Crippen LogP contribution is 2.29. The summed E-state index contributed by atoms with van der Waals surface area (Å²) in [4.78, 5) is 4.52. The van der Waals surface area contributed by atoms with E-state index in [-0.39, 0.29) is 5.82 Å². The lowest BCUT2D eigenvalue weighted by molar-refractivity contribution is 0.616. The quantitative estimate of drug-likeness (QED) is 0.595. The van der Waals surface area contributed by atoms with E-state index < -0.39 is 8.07 Å². The van der Waals surface area contributed by atoms with Crippen LogP contribution in [-0.4, -0.2) is 13.1 Å². The third kappa shape index (κ3) is 2.74. The maximum Gasteiger partial charge on any atom is 0.227 e. The number of nitrogens with zero attached hydrogens (tertiary/aromatic N) is 1. The van der Waals surface area contributed by atoms with Gasteiger partial charge in [-0.1, -0.05) is 37.5 Å². The molecular formula is C18H18FNOSi. The zero-order valence-electron chi connectivity index (χ0n) is 13.0. The average molecular weight is 311 g/mol. The van der Waals surface area contributed by atoms with Gasteiger partial charge in [0.05, 0.1) is 8.07 Å². The third-order valence-corrected chi connectivity index (χ3v) is 5.83. The molecule has 0 fully saturated rings. The first-order valence-corrected chi connectivity index (χ1v) is 10.7. The van der Waals surface area contributed by atoms with Crippen LogP contribution in [-0.2, 0) is 0 Å². The molecule has 112 valence electrons. The summed E-state index contributed by atoms with van der Waals surface area (Å²) in [6, 6.07) is 12.1. The molecule has 1 aromatic heterocycles. The van der Waals surface area contributed by atoms with Gasteiger partial charge in [-0.25, -0.2) is 9.37 Å². The Balaban J connectivity index is 2.04. The summed E-state index contributed by atoms with van der Waals surface area (Å²) in [5.41, 5.74) is 3.41. The minimum Gasteiger partial charge on any atom is -0.436 e. The molecule has 0 saturated carbocycles. The van der Waals surface area contributed by atoms with Crippen molar-refractivity contribution in [3.05, 3.63) is 60.4 Å². The molecule has 0 spiro atoms. The van der Waals surface area contributed by atoms with Crippen molar-refractivity contribution in [3.63, 3.8) is 0 Å². The van der Waals surface area contributed by atoms with E-state index in [1.54, 1.807) is 12.1 Å². The van der Waals surface area contributed by atoms with Crippen molar-refractivity contribution < 1.29 is 8.81 Å². The molecule has 0 unspecified atom stereocenters. The highest BCUT2D eigenvalue weighted by atomic mass is 28.3. The summed E-state index contributed by atoms with van der Waals surface area (Å²) < 4.78 is 18.8. The lowest BCUT2D eigenvalue weighted by Gasteiger charge is -2.19. The van der Waals surface area contributed by atoms with E-state index in [9.17, 15) is 4.39 Å². The van der Waals surface area contributed by atoms with Crippen LogP contribution < -0.4 is 0 Å². The lowest BCUT2D eigenvalue weighted by Crippen LogP contribution is -2.21. The van der Waals surface area contributed by atoms with Crippen LogP contribution in [0.3, 0.4) is 0 Å². The Morgan fingerprint density at radius 1 is 1.09 bits per heavy atom. The van der Waals surface area contributed by atoms with Gasteiger partial charge < -0.3 is 4.42 Å². The minimum atomic E-state index is -1.45. The van der Waals surface area contributed by atoms with Gasteiger partial charge in [0.2, 0.25) is 5.89 Å². The van der Waals surface area contributed by atoms with Gasteiger partial charge in [0.15, 0.2) is 5.58 Å². The van der Waals surface area contributed by atoms with Crippen LogP contribution in [0.4, 0.5) is 4.39 Å². The molecule has 0 bridgehead atoms. The predicted octanol–water partition coefficient (Wildman–Crippen LogP) is 5.52. The molecule has 3 aromatic rings. The van der Waals surface area contributed by atoms with Gasteiger partial charge >= 0.3 is 0 Å². The summed E-state index contributed by atoms with van der Waals surface area (Å²) in [5.74, 6) is 0.236. The first-order valence-electron chi connectivity index (χ1n) is 7.21. The molecule has 0 amide bonds. The molecule has 4 heteroatoms. The average Bonchev–Trinajstić information content (AvgIpc) is 2.89. The predicted molar refractivity (Wildman–Crippen MR) is 91.8 cm³/mol. The third-order valence-electron chi connectivity index (χ3n) is 3.73. The minimum absolute atomic E-state index is 0.270. The molecule has 22 heavy (non-hydrogen) atoms. The Morgan fingerprint density at radius 2 is 1.77 bits per heavy atom. The second-order valence-electron chi connectivity index (χ2n) is 6.44. The Labute approximate surface area is 130 Å². The largest absolute Gasteiger partial charge is 0.436 e. The van der Waals surface area contributed by atoms with Gasteiger partial charge in [-0.05, 0) is 42.0 Å². The number of oxazole rings is 1. The van der Waals surface area contributed by atoms with E-state index in [2.05, 4.69) is 31.2 Å². The molecule has 0 atom stereocenters. The molecule has 0 aliphatic heterocycles. The molecule has 3 rings (SSSR count). The molecule has 0 N–H and O–H groups in total. The van der Waals surface area contributed by atoms with Crippen LogP contribution in [0.5, 0.6) is 0 Å². The number of aromatic nitrogens is 1. The number of hydrogen-bond donors (Lipinski definition) is 0. The molecule has 2 nitrogen and oxygen atoms in total. The van der Waals surface area contributed by atoms with Crippen molar-refractivity contribution >= 4 is 24.4 Å². The molecule has 0 saturated heterocycles. The highest BCUT2D eigenvalue weighted by molar-refractivity contribution is 6.93.